The lowest BCUT2D eigenvalue weighted by atomic mass is 10.0. The van der Waals surface area contributed by atoms with Crippen molar-refractivity contribution in [1.82, 2.24) is 10.2 Å². The van der Waals surface area contributed by atoms with Crippen molar-refractivity contribution in [2.45, 2.75) is 26.3 Å². The van der Waals surface area contributed by atoms with Gasteiger partial charge in [0, 0.05) is 25.3 Å². The largest absolute Gasteiger partial charge is 0.467 e. The van der Waals surface area contributed by atoms with E-state index in [9.17, 15) is 14.4 Å². The van der Waals surface area contributed by atoms with Crippen molar-refractivity contribution in [3.05, 3.63) is 0 Å². The molecule has 1 atom stereocenters. The molecule has 6 nitrogen and oxygen atoms in total. The van der Waals surface area contributed by atoms with E-state index < -0.39 is 12.0 Å². The van der Waals surface area contributed by atoms with Crippen molar-refractivity contribution in [3.8, 4) is 0 Å². The first-order valence-corrected chi connectivity index (χ1v) is 7.23. The smallest absolute Gasteiger partial charge is 0.328 e. The molecule has 1 aliphatic heterocycles. The molecule has 1 rings (SSSR count). The van der Waals surface area contributed by atoms with Gasteiger partial charge in [0.2, 0.25) is 5.91 Å². The monoisotopic (exact) mass is 288 g/mol. The highest BCUT2D eigenvalue weighted by Gasteiger charge is 2.26. The van der Waals surface area contributed by atoms with E-state index in [-0.39, 0.29) is 23.5 Å². The predicted octanol–water partition coefficient (Wildman–Crippen LogP) is 0.859. The summed E-state index contributed by atoms with van der Waals surface area (Å²) in [5.41, 5.74) is 0. The molecule has 0 aromatic heterocycles. The first-order chi connectivity index (χ1) is 8.95. The van der Waals surface area contributed by atoms with E-state index in [1.807, 2.05) is 13.8 Å². The minimum Gasteiger partial charge on any atom is -0.467 e. The van der Waals surface area contributed by atoms with Crippen LogP contribution in [0.25, 0.3) is 0 Å². The van der Waals surface area contributed by atoms with Crippen LogP contribution in [0.5, 0.6) is 0 Å². The average molecular weight is 288 g/mol. The zero-order valence-electron chi connectivity index (χ0n) is 11.5. The molecule has 0 aliphatic carbocycles. The van der Waals surface area contributed by atoms with E-state index in [0.717, 1.165) is 5.75 Å². The van der Waals surface area contributed by atoms with Crippen LogP contribution in [-0.4, -0.2) is 54.0 Å². The molecule has 0 radical (unpaired) electrons. The number of carbonyl (C=O) groups is 3. The lowest BCUT2D eigenvalue weighted by Crippen LogP contribution is -2.45. The van der Waals surface area contributed by atoms with Crippen molar-refractivity contribution < 1.29 is 19.1 Å². The molecule has 0 aromatic rings. The van der Waals surface area contributed by atoms with E-state index >= 15 is 0 Å². The summed E-state index contributed by atoms with van der Waals surface area (Å²) in [7, 11) is 1.30. The topological polar surface area (TPSA) is 75.7 Å². The SMILES string of the molecule is COC(=O)C(NC(=O)CCN1CCSC1=O)C(C)C. The van der Waals surface area contributed by atoms with Crippen LogP contribution >= 0.6 is 11.8 Å². The third-order valence-corrected chi connectivity index (χ3v) is 3.78. The summed E-state index contributed by atoms with van der Waals surface area (Å²) in [6.45, 7) is 4.75. The quantitative estimate of drug-likeness (QED) is 0.734. The summed E-state index contributed by atoms with van der Waals surface area (Å²) in [5, 5.41) is 2.66. The molecule has 1 aliphatic rings. The second-order valence-corrected chi connectivity index (χ2v) is 5.71. The van der Waals surface area contributed by atoms with Crippen LogP contribution in [0.3, 0.4) is 0 Å². The third kappa shape index (κ3) is 4.74. The van der Waals surface area contributed by atoms with Gasteiger partial charge >= 0.3 is 5.97 Å². The van der Waals surface area contributed by atoms with Crippen LogP contribution < -0.4 is 5.32 Å². The van der Waals surface area contributed by atoms with Gasteiger partial charge < -0.3 is 15.0 Å². The Labute approximate surface area is 117 Å². The number of esters is 1. The molecule has 1 heterocycles. The number of methoxy groups -OCH3 is 1. The summed E-state index contributed by atoms with van der Waals surface area (Å²) in [6, 6.07) is -0.638. The molecule has 1 unspecified atom stereocenters. The number of nitrogens with zero attached hydrogens (tertiary/aromatic N) is 1. The Morgan fingerprint density at radius 1 is 1.47 bits per heavy atom. The summed E-state index contributed by atoms with van der Waals surface area (Å²) in [5.74, 6) is 0.0439. The Kier molecular flexibility index (Phi) is 6.14. The molecule has 0 spiro atoms. The van der Waals surface area contributed by atoms with Gasteiger partial charge in [0.15, 0.2) is 0 Å². The van der Waals surface area contributed by atoms with E-state index in [1.54, 1.807) is 4.90 Å². The lowest BCUT2D eigenvalue weighted by molar-refractivity contribution is -0.146. The Balaban J connectivity index is 2.40. The van der Waals surface area contributed by atoms with Crippen molar-refractivity contribution in [1.29, 1.82) is 0 Å². The van der Waals surface area contributed by atoms with Crippen LogP contribution in [0, 0.1) is 5.92 Å². The second-order valence-electron chi connectivity index (χ2n) is 4.66. The average Bonchev–Trinajstić information content (AvgIpc) is 2.77. The highest BCUT2D eigenvalue weighted by atomic mass is 32.2. The molecule has 1 fully saturated rings. The molecule has 1 saturated heterocycles. The third-order valence-electron chi connectivity index (χ3n) is 2.89. The Hall–Kier alpha value is -1.24. The molecule has 0 bridgehead atoms. The van der Waals surface area contributed by atoms with Crippen LogP contribution in [0.1, 0.15) is 20.3 Å². The standard InChI is InChI=1S/C12H20N2O4S/c1-8(2)10(11(16)18-3)13-9(15)4-5-14-6-7-19-12(14)17/h8,10H,4-7H2,1-3H3,(H,13,15). The fourth-order valence-corrected chi connectivity index (χ4v) is 2.59. The maximum Gasteiger partial charge on any atom is 0.328 e. The summed E-state index contributed by atoms with van der Waals surface area (Å²) in [6.07, 6.45) is 0.201. The maximum absolute atomic E-state index is 11.8. The van der Waals surface area contributed by atoms with Gasteiger partial charge in [0.05, 0.1) is 7.11 Å². The molecular weight excluding hydrogens is 268 g/mol. The Morgan fingerprint density at radius 2 is 2.16 bits per heavy atom. The number of nitrogens with one attached hydrogen (secondary N) is 1. The van der Waals surface area contributed by atoms with Gasteiger partial charge in [0.25, 0.3) is 5.24 Å². The Morgan fingerprint density at radius 3 is 2.63 bits per heavy atom. The van der Waals surface area contributed by atoms with Crippen molar-refractivity contribution in [2.24, 2.45) is 5.92 Å². The van der Waals surface area contributed by atoms with Gasteiger partial charge in [0.1, 0.15) is 6.04 Å². The highest BCUT2D eigenvalue weighted by molar-refractivity contribution is 8.13. The van der Waals surface area contributed by atoms with Crippen molar-refractivity contribution in [3.63, 3.8) is 0 Å². The van der Waals surface area contributed by atoms with Gasteiger partial charge in [-0.2, -0.15) is 0 Å². The zero-order chi connectivity index (χ0) is 14.4. The number of hydrogen-bond acceptors (Lipinski definition) is 5. The van der Waals surface area contributed by atoms with Gasteiger partial charge in [-0.15, -0.1) is 0 Å². The van der Waals surface area contributed by atoms with Crippen LogP contribution in [0.15, 0.2) is 0 Å². The van der Waals surface area contributed by atoms with E-state index in [4.69, 9.17) is 0 Å². The summed E-state index contributed by atoms with van der Waals surface area (Å²) >= 11 is 1.27. The van der Waals surface area contributed by atoms with Gasteiger partial charge in [-0.25, -0.2) is 4.79 Å². The maximum atomic E-state index is 11.8. The first kappa shape index (κ1) is 15.8. The van der Waals surface area contributed by atoms with Crippen LogP contribution in [0.2, 0.25) is 0 Å². The number of carbonyl (C=O) groups excluding carboxylic acids is 3. The van der Waals surface area contributed by atoms with Crippen molar-refractivity contribution >= 4 is 28.9 Å². The molecule has 108 valence electrons. The van der Waals surface area contributed by atoms with E-state index in [0.29, 0.717) is 13.1 Å². The lowest BCUT2D eigenvalue weighted by Gasteiger charge is -2.20. The summed E-state index contributed by atoms with van der Waals surface area (Å²) in [4.78, 5) is 36.3. The highest BCUT2D eigenvalue weighted by Crippen LogP contribution is 2.17. The van der Waals surface area contributed by atoms with Crippen LogP contribution in [0.4, 0.5) is 4.79 Å². The number of thioether (sulfide) groups is 1. The van der Waals surface area contributed by atoms with Crippen LogP contribution in [-0.2, 0) is 14.3 Å². The van der Waals surface area contributed by atoms with Gasteiger partial charge in [-0.05, 0) is 5.92 Å². The minimum absolute atomic E-state index is 0.0150. The fraction of sp³-hybridized carbons (Fsp3) is 0.750. The Bertz CT molecular complexity index is 360. The van der Waals surface area contributed by atoms with E-state index in [2.05, 4.69) is 10.1 Å². The predicted molar refractivity (Wildman–Crippen MR) is 72.8 cm³/mol. The normalized spacial score (nSPS) is 16.6. The zero-order valence-corrected chi connectivity index (χ0v) is 12.3. The van der Waals surface area contributed by atoms with Gasteiger partial charge in [-0.3, -0.25) is 9.59 Å². The number of amides is 2. The molecule has 1 N–H and O–H groups in total. The van der Waals surface area contributed by atoms with Gasteiger partial charge in [-0.1, -0.05) is 25.6 Å². The minimum atomic E-state index is -0.638. The summed E-state index contributed by atoms with van der Waals surface area (Å²) < 4.78 is 4.65. The second kappa shape index (κ2) is 7.37. The molecule has 19 heavy (non-hydrogen) atoms. The molecule has 2 amide bonds. The fourth-order valence-electron chi connectivity index (χ4n) is 1.74. The number of ether oxygens (including phenoxy) is 1. The van der Waals surface area contributed by atoms with E-state index in [1.165, 1.54) is 18.9 Å². The molecule has 0 saturated carbocycles. The molecule has 7 heteroatoms. The van der Waals surface area contributed by atoms with Crippen molar-refractivity contribution in [2.75, 3.05) is 26.0 Å². The number of rotatable bonds is 6. The first-order valence-electron chi connectivity index (χ1n) is 6.24. The molecule has 0 aromatic carbocycles. The number of hydrogen-bond donors (Lipinski definition) is 1. The molecular formula is C12H20N2O4S.